The first-order valence-corrected chi connectivity index (χ1v) is 4.97. The van der Waals surface area contributed by atoms with E-state index in [9.17, 15) is 0 Å². The molecular weight excluding hydrogens is 194 g/mol. The van der Waals surface area contributed by atoms with E-state index in [4.69, 9.17) is 17.4 Å². The van der Waals surface area contributed by atoms with Crippen molar-refractivity contribution in [2.24, 2.45) is 0 Å². The van der Waals surface area contributed by atoms with Gasteiger partial charge >= 0.3 is 0 Å². The van der Waals surface area contributed by atoms with Crippen LogP contribution in [0.15, 0.2) is 0 Å². The summed E-state index contributed by atoms with van der Waals surface area (Å²) in [7, 11) is 0. The molecule has 0 aliphatic heterocycles. The van der Waals surface area contributed by atoms with Gasteiger partial charge in [0, 0.05) is 6.04 Å². The highest BCUT2D eigenvalue weighted by Crippen LogP contribution is 2.34. The molecule has 0 atom stereocenters. The summed E-state index contributed by atoms with van der Waals surface area (Å²) in [5.74, 6) is 2.47. The van der Waals surface area contributed by atoms with Gasteiger partial charge in [-0.1, -0.05) is 5.92 Å². The number of rotatable bonds is 2. The fourth-order valence-electron chi connectivity index (χ4n) is 1.03. The molecule has 1 rings (SSSR count). The molecule has 0 aliphatic rings. The Hall–Kier alpha value is -1.65. The van der Waals surface area contributed by atoms with Crippen LogP contribution in [0.25, 0.3) is 0 Å². The molecule has 0 spiro atoms. The summed E-state index contributed by atoms with van der Waals surface area (Å²) in [6.07, 6.45) is 5.26. The minimum absolute atomic E-state index is 0.255. The lowest BCUT2D eigenvalue weighted by Crippen LogP contribution is -2.09. The molecule has 1 aromatic heterocycles. The van der Waals surface area contributed by atoms with Crippen LogP contribution < -0.4 is 11.1 Å². The highest BCUT2D eigenvalue weighted by Gasteiger charge is 2.14. The van der Waals surface area contributed by atoms with E-state index in [2.05, 4.69) is 17.3 Å². The minimum Gasteiger partial charge on any atom is -0.396 e. The monoisotopic (exact) mass is 205 g/mol. The predicted molar refractivity (Wildman–Crippen MR) is 60.1 cm³/mol. The average Bonchev–Trinajstić information content (AvgIpc) is 2.41. The average molecular weight is 205 g/mol. The standard InChI is InChI=1S/C10H11N3S/c1-4-8-9(12)7(5-11)10(14-8)13-6(2)3/h1,6,13H,12H2,2-3H3. The fraction of sp³-hybridized carbons (Fsp3) is 0.300. The van der Waals surface area contributed by atoms with Crippen LogP contribution in [0.4, 0.5) is 10.7 Å². The van der Waals surface area contributed by atoms with E-state index in [1.807, 2.05) is 13.8 Å². The Bertz CT molecular complexity index is 418. The van der Waals surface area contributed by atoms with Gasteiger partial charge in [0.1, 0.15) is 21.5 Å². The Morgan fingerprint density at radius 2 is 2.21 bits per heavy atom. The summed E-state index contributed by atoms with van der Waals surface area (Å²) in [5, 5.41) is 12.8. The van der Waals surface area contributed by atoms with Crippen LogP contribution in [-0.2, 0) is 0 Å². The zero-order valence-corrected chi connectivity index (χ0v) is 8.90. The van der Waals surface area contributed by atoms with E-state index < -0.39 is 0 Å². The molecule has 4 heteroatoms. The van der Waals surface area contributed by atoms with Crippen LogP contribution in [0.3, 0.4) is 0 Å². The molecule has 0 fully saturated rings. The summed E-state index contributed by atoms with van der Waals surface area (Å²) in [6, 6.07) is 2.31. The smallest absolute Gasteiger partial charge is 0.111 e. The molecule has 0 aromatic carbocycles. The third-order valence-corrected chi connectivity index (χ3v) is 2.68. The SMILES string of the molecule is C#Cc1sc(NC(C)C)c(C#N)c1N. The number of nitrogens with two attached hydrogens (primary N) is 1. The van der Waals surface area contributed by atoms with Crippen molar-refractivity contribution in [2.45, 2.75) is 19.9 Å². The molecule has 0 bridgehead atoms. The van der Waals surface area contributed by atoms with Gasteiger partial charge in [0.05, 0.1) is 5.69 Å². The lowest BCUT2D eigenvalue weighted by atomic mass is 10.2. The fourth-order valence-corrected chi connectivity index (χ4v) is 2.05. The summed E-state index contributed by atoms with van der Waals surface area (Å²) >= 11 is 1.34. The Morgan fingerprint density at radius 1 is 1.57 bits per heavy atom. The lowest BCUT2D eigenvalue weighted by Gasteiger charge is -2.06. The van der Waals surface area contributed by atoms with Crippen LogP contribution in [0, 0.1) is 23.7 Å². The van der Waals surface area contributed by atoms with E-state index in [0.29, 0.717) is 16.1 Å². The molecule has 3 N–H and O–H groups in total. The first-order chi connectivity index (χ1) is 6.60. The maximum atomic E-state index is 8.89. The molecule has 72 valence electrons. The van der Waals surface area contributed by atoms with Gasteiger partial charge < -0.3 is 11.1 Å². The Balaban J connectivity index is 3.19. The number of nitrogen functional groups attached to an aromatic ring is 1. The van der Waals surface area contributed by atoms with Crippen molar-refractivity contribution in [3.63, 3.8) is 0 Å². The lowest BCUT2D eigenvalue weighted by molar-refractivity contribution is 0.904. The van der Waals surface area contributed by atoms with Gasteiger partial charge in [-0.25, -0.2) is 0 Å². The van der Waals surface area contributed by atoms with Crippen molar-refractivity contribution in [3.05, 3.63) is 10.4 Å². The molecule has 0 saturated heterocycles. The molecule has 0 amide bonds. The van der Waals surface area contributed by atoms with Crippen LogP contribution in [-0.4, -0.2) is 6.04 Å². The number of hydrogen-bond acceptors (Lipinski definition) is 4. The number of anilines is 2. The zero-order chi connectivity index (χ0) is 10.7. The van der Waals surface area contributed by atoms with Crippen molar-refractivity contribution < 1.29 is 0 Å². The Labute approximate surface area is 87.5 Å². The number of thiophene rings is 1. The molecule has 0 radical (unpaired) electrons. The van der Waals surface area contributed by atoms with E-state index in [1.165, 1.54) is 11.3 Å². The van der Waals surface area contributed by atoms with Crippen molar-refractivity contribution in [3.8, 4) is 18.4 Å². The molecule has 0 unspecified atom stereocenters. The largest absolute Gasteiger partial charge is 0.396 e. The third-order valence-electron chi connectivity index (χ3n) is 1.61. The number of nitrogens with one attached hydrogen (secondary N) is 1. The van der Waals surface area contributed by atoms with E-state index in [-0.39, 0.29) is 6.04 Å². The number of nitrogens with zero attached hydrogens (tertiary/aromatic N) is 1. The normalized spacial score (nSPS) is 9.50. The van der Waals surface area contributed by atoms with Crippen LogP contribution in [0.2, 0.25) is 0 Å². The van der Waals surface area contributed by atoms with Crippen molar-refractivity contribution in [2.75, 3.05) is 11.1 Å². The van der Waals surface area contributed by atoms with Crippen molar-refractivity contribution in [1.29, 1.82) is 5.26 Å². The van der Waals surface area contributed by atoms with Crippen molar-refractivity contribution >= 4 is 22.0 Å². The van der Waals surface area contributed by atoms with Crippen molar-refractivity contribution in [1.82, 2.24) is 0 Å². The number of nitriles is 1. The first-order valence-electron chi connectivity index (χ1n) is 4.15. The van der Waals surface area contributed by atoms with E-state index >= 15 is 0 Å². The second-order valence-electron chi connectivity index (χ2n) is 3.10. The number of terminal acetylenes is 1. The topological polar surface area (TPSA) is 61.8 Å². The zero-order valence-electron chi connectivity index (χ0n) is 8.09. The van der Waals surface area contributed by atoms with Gasteiger partial charge in [0.15, 0.2) is 0 Å². The maximum absolute atomic E-state index is 8.89. The maximum Gasteiger partial charge on any atom is 0.111 e. The summed E-state index contributed by atoms with van der Waals surface area (Å²) in [4.78, 5) is 0.615. The third kappa shape index (κ3) is 1.81. The highest BCUT2D eigenvalue weighted by molar-refractivity contribution is 7.17. The molecule has 1 aromatic rings. The highest BCUT2D eigenvalue weighted by atomic mass is 32.1. The van der Waals surface area contributed by atoms with Gasteiger partial charge in [0.25, 0.3) is 0 Å². The van der Waals surface area contributed by atoms with Gasteiger partial charge in [0.2, 0.25) is 0 Å². The summed E-state index contributed by atoms with van der Waals surface area (Å²) in [5.41, 5.74) is 6.57. The van der Waals surface area contributed by atoms with Gasteiger partial charge in [-0.2, -0.15) is 5.26 Å². The second kappa shape index (κ2) is 4.04. The second-order valence-corrected chi connectivity index (χ2v) is 4.12. The molecule has 14 heavy (non-hydrogen) atoms. The van der Waals surface area contributed by atoms with Crippen LogP contribution >= 0.6 is 11.3 Å². The molecule has 0 aliphatic carbocycles. The number of hydrogen-bond donors (Lipinski definition) is 2. The summed E-state index contributed by atoms with van der Waals surface area (Å²) < 4.78 is 0. The van der Waals surface area contributed by atoms with Gasteiger partial charge in [-0.05, 0) is 13.8 Å². The summed E-state index contributed by atoms with van der Waals surface area (Å²) in [6.45, 7) is 3.99. The molecule has 1 heterocycles. The quantitative estimate of drug-likeness (QED) is 0.726. The molecule has 0 saturated carbocycles. The van der Waals surface area contributed by atoms with Crippen LogP contribution in [0.1, 0.15) is 24.3 Å². The molecular formula is C10H11N3S. The first kappa shape index (κ1) is 10.4. The Kier molecular flexibility index (Phi) is 3.01. The van der Waals surface area contributed by atoms with E-state index in [1.54, 1.807) is 0 Å². The van der Waals surface area contributed by atoms with Gasteiger partial charge in [-0.15, -0.1) is 17.8 Å². The van der Waals surface area contributed by atoms with Crippen LogP contribution in [0.5, 0.6) is 0 Å². The van der Waals surface area contributed by atoms with Gasteiger partial charge in [-0.3, -0.25) is 0 Å². The predicted octanol–water partition coefficient (Wildman–Crippen LogP) is 2.00. The van der Waals surface area contributed by atoms with E-state index in [0.717, 1.165) is 5.00 Å². The molecule has 3 nitrogen and oxygen atoms in total. The Morgan fingerprint density at radius 3 is 2.64 bits per heavy atom. The minimum atomic E-state index is 0.255.